The fourth-order valence-electron chi connectivity index (χ4n) is 2.69. The zero-order chi connectivity index (χ0) is 16.6. The molecule has 2 heterocycles. The first-order chi connectivity index (χ1) is 10.9. The summed E-state index contributed by atoms with van der Waals surface area (Å²) in [5.74, 6) is 0.313. The van der Waals surface area contributed by atoms with Gasteiger partial charge in [-0.1, -0.05) is 0 Å². The summed E-state index contributed by atoms with van der Waals surface area (Å²) in [6, 6.07) is 9.07. The summed E-state index contributed by atoms with van der Waals surface area (Å²) in [4.78, 5) is 13.8. The zero-order valence-corrected chi connectivity index (χ0v) is 13.4. The summed E-state index contributed by atoms with van der Waals surface area (Å²) < 4.78 is 30.2. The van der Waals surface area contributed by atoms with Crippen LogP contribution in [0.15, 0.2) is 42.7 Å². The molecule has 1 amide bonds. The fraction of sp³-hybridized carbons (Fsp3) is 0.267. The molecule has 0 spiro atoms. The number of sulfonamides is 1. The molecule has 0 saturated carbocycles. The third-order valence-electron chi connectivity index (χ3n) is 3.91. The van der Waals surface area contributed by atoms with Crippen molar-refractivity contribution in [2.45, 2.75) is 11.7 Å². The number of hydrogen-bond donors (Lipinski definition) is 1. The highest BCUT2D eigenvalue weighted by Crippen LogP contribution is 2.33. The smallest absolute Gasteiger partial charge is 0.228 e. The minimum atomic E-state index is -3.76. The zero-order valence-electron chi connectivity index (χ0n) is 12.5. The van der Waals surface area contributed by atoms with Crippen LogP contribution in [0.3, 0.4) is 0 Å². The van der Waals surface area contributed by atoms with E-state index in [1.165, 1.54) is 12.0 Å². The number of nitrogens with zero attached hydrogens (tertiary/aromatic N) is 2. The van der Waals surface area contributed by atoms with Gasteiger partial charge in [-0.25, -0.2) is 13.6 Å². The van der Waals surface area contributed by atoms with Crippen molar-refractivity contribution in [1.29, 1.82) is 0 Å². The van der Waals surface area contributed by atoms with Gasteiger partial charge < -0.3 is 14.2 Å². The van der Waals surface area contributed by atoms with E-state index in [1.54, 1.807) is 12.1 Å². The molecule has 0 aliphatic carbocycles. The van der Waals surface area contributed by atoms with Crippen LogP contribution in [0.4, 0.5) is 5.69 Å². The number of methoxy groups -OCH3 is 1. The van der Waals surface area contributed by atoms with Gasteiger partial charge in [0.05, 0.1) is 18.5 Å². The maximum Gasteiger partial charge on any atom is 0.228 e. The van der Waals surface area contributed by atoms with Gasteiger partial charge in [0.1, 0.15) is 11.0 Å². The predicted octanol–water partition coefficient (Wildman–Crippen LogP) is 0.880. The van der Waals surface area contributed by atoms with E-state index in [9.17, 15) is 13.2 Å². The Morgan fingerprint density at radius 3 is 2.48 bits per heavy atom. The van der Waals surface area contributed by atoms with Crippen LogP contribution in [0.25, 0.3) is 5.69 Å². The summed E-state index contributed by atoms with van der Waals surface area (Å²) in [5, 5.41) is 4.31. The number of nitrogens with two attached hydrogens (primary N) is 1. The summed E-state index contributed by atoms with van der Waals surface area (Å²) in [7, 11) is -2.22. The quantitative estimate of drug-likeness (QED) is 0.897. The molecule has 1 aliphatic rings. The van der Waals surface area contributed by atoms with Gasteiger partial charge >= 0.3 is 0 Å². The molecule has 1 aromatic heterocycles. The second-order valence-corrected chi connectivity index (χ2v) is 7.21. The molecule has 8 heteroatoms. The summed E-state index contributed by atoms with van der Waals surface area (Å²) in [6.07, 6.45) is 3.59. The average molecular weight is 335 g/mol. The van der Waals surface area contributed by atoms with Crippen molar-refractivity contribution >= 4 is 21.6 Å². The average Bonchev–Trinajstić information content (AvgIpc) is 3.15. The van der Waals surface area contributed by atoms with Crippen molar-refractivity contribution in [3.8, 4) is 11.4 Å². The van der Waals surface area contributed by atoms with E-state index in [-0.39, 0.29) is 18.9 Å². The summed E-state index contributed by atoms with van der Waals surface area (Å²) in [5.41, 5.74) is 1.36. The van der Waals surface area contributed by atoms with Gasteiger partial charge in [0, 0.05) is 31.4 Å². The van der Waals surface area contributed by atoms with E-state index >= 15 is 0 Å². The van der Waals surface area contributed by atoms with Gasteiger partial charge in [0.25, 0.3) is 0 Å². The highest BCUT2D eigenvalue weighted by atomic mass is 32.2. The second-order valence-electron chi connectivity index (χ2n) is 5.36. The minimum absolute atomic E-state index is 0.0408. The lowest BCUT2D eigenvalue weighted by molar-refractivity contribution is -0.117. The Kier molecular flexibility index (Phi) is 3.87. The maximum atomic E-state index is 12.3. The third kappa shape index (κ3) is 2.95. The van der Waals surface area contributed by atoms with Crippen LogP contribution in [0, 0.1) is 0 Å². The maximum absolute atomic E-state index is 12.3. The van der Waals surface area contributed by atoms with Crippen LogP contribution in [-0.2, 0) is 14.8 Å². The molecule has 2 N–H and O–H groups in total. The van der Waals surface area contributed by atoms with Crippen LogP contribution in [0.1, 0.15) is 6.42 Å². The van der Waals surface area contributed by atoms with Crippen molar-refractivity contribution < 1.29 is 17.9 Å². The van der Waals surface area contributed by atoms with Crippen LogP contribution >= 0.6 is 0 Å². The molecule has 0 bridgehead atoms. The first-order valence-corrected chi connectivity index (χ1v) is 8.64. The Morgan fingerprint density at radius 2 is 1.91 bits per heavy atom. The Hall–Kier alpha value is -2.32. The van der Waals surface area contributed by atoms with E-state index in [2.05, 4.69) is 0 Å². The molecule has 23 heavy (non-hydrogen) atoms. The molecule has 0 radical (unpaired) electrons. The topological polar surface area (TPSA) is 94.6 Å². The number of ether oxygens (including phenoxy) is 1. The minimum Gasteiger partial charge on any atom is -0.497 e. The Labute approximate surface area is 134 Å². The number of benzene rings is 1. The number of primary sulfonamides is 1. The number of hydrogen-bond acceptors (Lipinski definition) is 4. The molecule has 1 atom stereocenters. The first-order valence-electron chi connectivity index (χ1n) is 7.03. The number of carbonyl (C=O) groups excluding carboxylic acids is 1. The molecule has 1 unspecified atom stereocenters. The molecule has 1 saturated heterocycles. The molecule has 1 aliphatic heterocycles. The largest absolute Gasteiger partial charge is 0.497 e. The van der Waals surface area contributed by atoms with E-state index in [1.807, 2.05) is 35.2 Å². The number of rotatable bonds is 4. The molecule has 122 valence electrons. The van der Waals surface area contributed by atoms with E-state index in [0.29, 0.717) is 11.4 Å². The van der Waals surface area contributed by atoms with Gasteiger partial charge in [0.15, 0.2) is 0 Å². The number of carbonyl (C=O) groups is 1. The first kappa shape index (κ1) is 15.6. The van der Waals surface area contributed by atoms with E-state index in [0.717, 1.165) is 5.69 Å². The van der Waals surface area contributed by atoms with Crippen molar-refractivity contribution in [2.75, 3.05) is 18.6 Å². The molecule has 3 rings (SSSR count). The molecule has 1 fully saturated rings. The van der Waals surface area contributed by atoms with Gasteiger partial charge in [-0.3, -0.25) is 4.79 Å². The summed E-state index contributed by atoms with van der Waals surface area (Å²) in [6.45, 7) is 0.0408. The molecule has 1 aromatic carbocycles. The van der Waals surface area contributed by atoms with Crippen LogP contribution in [0.2, 0.25) is 0 Å². The van der Waals surface area contributed by atoms with Crippen molar-refractivity contribution in [2.24, 2.45) is 5.14 Å². The van der Waals surface area contributed by atoms with Crippen molar-refractivity contribution in [3.05, 3.63) is 42.7 Å². The second kappa shape index (κ2) is 5.71. The predicted molar refractivity (Wildman–Crippen MR) is 86.2 cm³/mol. The van der Waals surface area contributed by atoms with Gasteiger partial charge in [-0.05, 0) is 24.3 Å². The van der Waals surface area contributed by atoms with Crippen LogP contribution in [-0.4, -0.2) is 37.8 Å². The SMILES string of the molecule is COc1ccc(-n2cccc2)c(N2CC(S(N)(=O)=O)CC2=O)c1. The van der Waals surface area contributed by atoms with Gasteiger partial charge in [-0.2, -0.15) is 0 Å². The van der Waals surface area contributed by atoms with Crippen LogP contribution < -0.4 is 14.8 Å². The third-order valence-corrected chi connectivity index (χ3v) is 5.16. The Bertz CT molecular complexity index is 830. The normalized spacial score (nSPS) is 18.4. The number of amides is 1. The lowest BCUT2D eigenvalue weighted by atomic mass is 10.2. The van der Waals surface area contributed by atoms with E-state index < -0.39 is 15.3 Å². The Balaban J connectivity index is 2.06. The molecule has 7 nitrogen and oxygen atoms in total. The lowest BCUT2D eigenvalue weighted by Gasteiger charge is -2.21. The highest BCUT2D eigenvalue weighted by Gasteiger charge is 2.38. The van der Waals surface area contributed by atoms with Crippen LogP contribution in [0.5, 0.6) is 5.75 Å². The molecular weight excluding hydrogens is 318 g/mol. The fourth-order valence-corrected chi connectivity index (χ4v) is 3.42. The van der Waals surface area contributed by atoms with Gasteiger partial charge in [0.2, 0.25) is 15.9 Å². The van der Waals surface area contributed by atoms with Crippen molar-refractivity contribution in [1.82, 2.24) is 4.57 Å². The number of anilines is 1. The number of aromatic nitrogens is 1. The molecular formula is C15H17N3O4S. The lowest BCUT2D eigenvalue weighted by Crippen LogP contribution is -2.32. The standard InChI is InChI=1S/C15H17N3O4S/c1-22-11-4-5-13(17-6-2-3-7-17)14(8-11)18-10-12(9-15(18)19)23(16,20)21/h2-8,12H,9-10H2,1H3,(H2,16,20,21). The van der Waals surface area contributed by atoms with Gasteiger partial charge in [-0.15, -0.1) is 0 Å². The Morgan fingerprint density at radius 1 is 1.22 bits per heavy atom. The highest BCUT2D eigenvalue weighted by molar-refractivity contribution is 7.89. The summed E-state index contributed by atoms with van der Waals surface area (Å²) >= 11 is 0. The monoisotopic (exact) mass is 335 g/mol. The molecule has 2 aromatic rings. The van der Waals surface area contributed by atoms with Crippen molar-refractivity contribution in [3.63, 3.8) is 0 Å². The van der Waals surface area contributed by atoms with E-state index in [4.69, 9.17) is 9.88 Å².